The molecule has 1 saturated heterocycles. The van der Waals surface area contributed by atoms with Gasteiger partial charge in [-0.2, -0.15) is 5.26 Å². The van der Waals surface area contributed by atoms with Crippen molar-refractivity contribution >= 4 is 0 Å². The monoisotopic (exact) mass is 223 g/mol. The molecule has 0 aromatic rings. The maximum atomic E-state index is 8.49. The smallest absolute Gasteiger partial charge is 0.0635 e. The summed E-state index contributed by atoms with van der Waals surface area (Å²) in [6.45, 7) is 9.11. The van der Waals surface area contributed by atoms with Gasteiger partial charge in [0.15, 0.2) is 0 Å². The van der Waals surface area contributed by atoms with Crippen molar-refractivity contribution in [1.82, 2.24) is 10.2 Å². The van der Waals surface area contributed by atoms with E-state index in [1.54, 1.807) is 0 Å². The number of nitrogens with zero attached hydrogens (tertiary/aromatic N) is 2. The van der Waals surface area contributed by atoms with E-state index in [2.05, 4.69) is 30.1 Å². The van der Waals surface area contributed by atoms with Crippen LogP contribution in [0.1, 0.15) is 39.5 Å². The first-order valence-electron chi connectivity index (χ1n) is 6.60. The van der Waals surface area contributed by atoms with Gasteiger partial charge in [0.2, 0.25) is 0 Å². The molecule has 1 fully saturated rings. The molecule has 0 spiro atoms. The summed E-state index contributed by atoms with van der Waals surface area (Å²) in [5.41, 5.74) is 0. The largest absolute Gasteiger partial charge is 0.313 e. The van der Waals surface area contributed by atoms with Crippen LogP contribution in [0.25, 0.3) is 0 Å². The highest BCUT2D eigenvalue weighted by molar-refractivity contribution is 4.80. The first-order valence-corrected chi connectivity index (χ1v) is 6.60. The normalized spacial score (nSPS) is 20.6. The van der Waals surface area contributed by atoms with Gasteiger partial charge in [-0.1, -0.05) is 6.92 Å². The summed E-state index contributed by atoms with van der Waals surface area (Å²) in [5, 5.41) is 11.9. The average molecular weight is 223 g/mol. The molecule has 0 bridgehead atoms. The Hall–Kier alpha value is -0.590. The average Bonchev–Trinajstić information content (AvgIpc) is 2.30. The highest BCUT2D eigenvalue weighted by Gasteiger charge is 2.22. The quantitative estimate of drug-likeness (QED) is 0.700. The zero-order chi connectivity index (χ0) is 11.8. The van der Waals surface area contributed by atoms with Crippen LogP contribution in [0.5, 0.6) is 0 Å². The zero-order valence-electron chi connectivity index (χ0n) is 10.7. The van der Waals surface area contributed by atoms with Gasteiger partial charge in [-0.3, -0.25) is 0 Å². The fraction of sp³-hybridized carbons (Fsp3) is 0.923. The van der Waals surface area contributed by atoms with Crippen LogP contribution in [0.4, 0.5) is 0 Å². The molecule has 0 aliphatic carbocycles. The van der Waals surface area contributed by atoms with Crippen LogP contribution in [0.2, 0.25) is 0 Å². The van der Waals surface area contributed by atoms with Crippen molar-refractivity contribution < 1.29 is 0 Å². The van der Waals surface area contributed by atoms with E-state index in [4.69, 9.17) is 5.26 Å². The second-order valence-corrected chi connectivity index (χ2v) is 4.83. The topological polar surface area (TPSA) is 39.1 Å². The minimum Gasteiger partial charge on any atom is -0.313 e. The van der Waals surface area contributed by atoms with E-state index in [1.165, 1.54) is 38.9 Å². The van der Waals surface area contributed by atoms with Crippen LogP contribution in [0.15, 0.2) is 0 Å². The molecule has 1 rings (SSSR count). The Morgan fingerprint density at radius 1 is 1.44 bits per heavy atom. The minimum atomic E-state index is 0.567. The van der Waals surface area contributed by atoms with Crippen LogP contribution in [-0.2, 0) is 0 Å². The summed E-state index contributed by atoms with van der Waals surface area (Å²) < 4.78 is 0. The Bertz CT molecular complexity index is 214. The van der Waals surface area contributed by atoms with Crippen LogP contribution in [-0.4, -0.2) is 37.1 Å². The van der Waals surface area contributed by atoms with Crippen molar-refractivity contribution in [3.05, 3.63) is 0 Å². The lowest BCUT2D eigenvalue weighted by Gasteiger charge is -2.35. The molecular formula is C13H25N3. The second-order valence-electron chi connectivity index (χ2n) is 4.83. The van der Waals surface area contributed by atoms with Gasteiger partial charge in [0.25, 0.3) is 0 Å². The van der Waals surface area contributed by atoms with Crippen molar-refractivity contribution in [3.8, 4) is 6.07 Å². The van der Waals surface area contributed by atoms with Gasteiger partial charge >= 0.3 is 0 Å². The molecule has 0 amide bonds. The van der Waals surface area contributed by atoms with Gasteiger partial charge in [-0.25, -0.2) is 0 Å². The fourth-order valence-corrected chi connectivity index (χ4v) is 2.52. The van der Waals surface area contributed by atoms with E-state index in [-0.39, 0.29) is 0 Å². The Morgan fingerprint density at radius 2 is 2.12 bits per heavy atom. The van der Waals surface area contributed by atoms with Gasteiger partial charge in [0, 0.05) is 19.0 Å². The van der Waals surface area contributed by atoms with Crippen LogP contribution in [0, 0.1) is 17.2 Å². The lowest BCUT2D eigenvalue weighted by atomic mass is 9.90. The molecule has 0 radical (unpaired) electrons. The number of nitrogens with one attached hydrogen (secondary N) is 1. The summed E-state index contributed by atoms with van der Waals surface area (Å²) in [4.78, 5) is 2.57. The summed E-state index contributed by atoms with van der Waals surface area (Å²) in [6.07, 6.45) is 4.50. The highest BCUT2D eigenvalue weighted by Crippen LogP contribution is 2.20. The molecule has 1 unspecified atom stereocenters. The van der Waals surface area contributed by atoms with E-state index in [1.807, 2.05) is 0 Å². The van der Waals surface area contributed by atoms with Crippen molar-refractivity contribution in [2.45, 2.75) is 45.6 Å². The molecule has 1 N–H and O–H groups in total. The van der Waals surface area contributed by atoms with Crippen molar-refractivity contribution in [2.75, 3.05) is 26.2 Å². The van der Waals surface area contributed by atoms with Gasteiger partial charge < -0.3 is 10.2 Å². The molecule has 0 aromatic heterocycles. The highest BCUT2D eigenvalue weighted by atomic mass is 15.1. The molecule has 92 valence electrons. The van der Waals surface area contributed by atoms with E-state index < -0.39 is 0 Å². The summed E-state index contributed by atoms with van der Waals surface area (Å²) >= 11 is 0. The van der Waals surface area contributed by atoms with Crippen molar-refractivity contribution in [1.29, 1.82) is 5.26 Å². The second kappa shape index (κ2) is 7.65. The number of rotatable bonds is 6. The molecule has 3 heteroatoms. The van der Waals surface area contributed by atoms with Crippen LogP contribution >= 0.6 is 0 Å². The van der Waals surface area contributed by atoms with E-state index in [9.17, 15) is 0 Å². The summed E-state index contributed by atoms with van der Waals surface area (Å²) in [5.74, 6) is 0.798. The molecular weight excluding hydrogens is 198 g/mol. The molecule has 0 aromatic carbocycles. The van der Waals surface area contributed by atoms with Crippen LogP contribution in [0.3, 0.4) is 0 Å². The third-order valence-electron chi connectivity index (χ3n) is 3.58. The number of piperidine rings is 1. The van der Waals surface area contributed by atoms with Crippen LogP contribution < -0.4 is 5.32 Å². The van der Waals surface area contributed by atoms with Gasteiger partial charge in [-0.15, -0.1) is 0 Å². The van der Waals surface area contributed by atoms with Crippen molar-refractivity contribution in [2.24, 2.45) is 5.92 Å². The predicted octanol–water partition coefficient (Wildman–Crippen LogP) is 2.00. The lowest BCUT2D eigenvalue weighted by molar-refractivity contribution is 0.163. The Kier molecular flexibility index (Phi) is 6.44. The van der Waals surface area contributed by atoms with Gasteiger partial charge in [0.1, 0.15) is 0 Å². The third kappa shape index (κ3) is 4.51. The molecule has 3 nitrogen and oxygen atoms in total. The van der Waals surface area contributed by atoms with Gasteiger partial charge in [-0.05, 0) is 51.7 Å². The SMILES string of the molecule is CCCN1CCC(C(C)NCCC#N)CC1. The fourth-order valence-electron chi connectivity index (χ4n) is 2.52. The number of hydrogen-bond acceptors (Lipinski definition) is 3. The molecule has 1 aliphatic heterocycles. The summed E-state index contributed by atoms with van der Waals surface area (Å²) in [7, 11) is 0. The number of hydrogen-bond donors (Lipinski definition) is 1. The number of likely N-dealkylation sites (tertiary alicyclic amines) is 1. The molecule has 1 aliphatic rings. The Labute approximate surface area is 99.8 Å². The molecule has 0 saturated carbocycles. The van der Waals surface area contributed by atoms with E-state index in [0.717, 1.165) is 12.5 Å². The molecule has 16 heavy (non-hydrogen) atoms. The first-order chi connectivity index (χ1) is 7.77. The van der Waals surface area contributed by atoms with Gasteiger partial charge in [0.05, 0.1) is 6.07 Å². The van der Waals surface area contributed by atoms with E-state index >= 15 is 0 Å². The third-order valence-corrected chi connectivity index (χ3v) is 3.58. The maximum Gasteiger partial charge on any atom is 0.0635 e. The van der Waals surface area contributed by atoms with Crippen molar-refractivity contribution in [3.63, 3.8) is 0 Å². The van der Waals surface area contributed by atoms with E-state index in [0.29, 0.717) is 12.5 Å². The molecule has 1 atom stereocenters. The lowest BCUT2D eigenvalue weighted by Crippen LogP contribution is -2.42. The maximum absolute atomic E-state index is 8.49. The zero-order valence-corrected chi connectivity index (χ0v) is 10.7. The first kappa shape index (κ1) is 13.5. The Balaban J connectivity index is 2.17. The molecule has 1 heterocycles. The predicted molar refractivity (Wildman–Crippen MR) is 67.1 cm³/mol. The Morgan fingerprint density at radius 3 is 2.69 bits per heavy atom. The minimum absolute atomic E-state index is 0.567. The summed E-state index contributed by atoms with van der Waals surface area (Å²) in [6, 6.07) is 2.75. The number of nitriles is 1. The standard InChI is InChI=1S/C13H25N3/c1-3-9-16-10-5-13(6-11-16)12(2)15-8-4-7-14/h12-13,15H,3-6,8-11H2,1-2H3.